The molecule has 1 saturated heterocycles. The first-order chi connectivity index (χ1) is 11.4. The van der Waals surface area contributed by atoms with Gasteiger partial charge in [0.15, 0.2) is 0 Å². The lowest BCUT2D eigenvalue weighted by atomic mass is 10.1. The van der Waals surface area contributed by atoms with Gasteiger partial charge in [-0.2, -0.15) is 4.31 Å². The van der Waals surface area contributed by atoms with Gasteiger partial charge < -0.3 is 4.90 Å². The number of benzene rings is 2. The maximum atomic E-state index is 13.2. The Morgan fingerprint density at radius 3 is 2.28 bits per heavy atom. The summed E-state index contributed by atoms with van der Waals surface area (Å²) in [6.07, 6.45) is 0. The van der Waals surface area contributed by atoms with Gasteiger partial charge in [-0.1, -0.05) is 36.4 Å². The summed E-state index contributed by atoms with van der Waals surface area (Å²) >= 11 is 0. The van der Waals surface area contributed by atoms with Crippen molar-refractivity contribution in [3.8, 4) is 0 Å². The smallest absolute Gasteiger partial charge is 0.243 e. The molecule has 0 N–H and O–H groups in total. The minimum Gasteiger partial charge on any atom is -0.303 e. The summed E-state index contributed by atoms with van der Waals surface area (Å²) in [6.45, 7) is 5.90. The number of hydrogen-bond acceptors (Lipinski definition) is 3. The van der Waals surface area contributed by atoms with Crippen LogP contribution in [0.2, 0.25) is 0 Å². The topological polar surface area (TPSA) is 40.6 Å². The fourth-order valence-electron chi connectivity index (χ4n) is 3.15. The quantitative estimate of drug-likeness (QED) is 0.819. The second kappa shape index (κ2) is 7.87. The Kier molecular flexibility index (Phi) is 6.27. The summed E-state index contributed by atoms with van der Waals surface area (Å²) in [4.78, 5) is 2.57. The lowest BCUT2D eigenvalue weighted by Gasteiger charge is -2.39. The van der Waals surface area contributed by atoms with Gasteiger partial charge >= 0.3 is 0 Å². The summed E-state index contributed by atoms with van der Waals surface area (Å²) < 4.78 is 28.2. The highest BCUT2D eigenvalue weighted by Gasteiger charge is 2.36. The van der Waals surface area contributed by atoms with Gasteiger partial charge in [0.25, 0.3) is 0 Å². The number of halogens is 1. The van der Waals surface area contributed by atoms with Gasteiger partial charge in [-0.05, 0) is 49.7 Å². The van der Waals surface area contributed by atoms with Crippen LogP contribution in [0.1, 0.15) is 22.7 Å². The van der Waals surface area contributed by atoms with Crippen LogP contribution in [0.15, 0.2) is 53.4 Å². The zero-order valence-electron chi connectivity index (χ0n) is 14.8. The summed E-state index contributed by atoms with van der Waals surface area (Å²) in [5.41, 5.74) is 3.14. The fraction of sp³-hybridized carbons (Fsp3) is 0.368. The summed E-state index contributed by atoms with van der Waals surface area (Å²) in [6, 6.07) is 15.1. The molecule has 0 aliphatic carbocycles. The second-order valence-corrected chi connectivity index (χ2v) is 8.44. The van der Waals surface area contributed by atoms with Crippen LogP contribution in [-0.2, 0) is 10.0 Å². The predicted octanol–water partition coefficient (Wildman–Crippen LogP) is 3.40. The average molecular weight is 381 g/mol. The van der Waals surface area contributed by atoms with Crippen LogP contribution in [-0.4, -0.2) is 44.3 Å². The molecule has 0 amide bonds. The van der Waals surface area contributed by atoms with E-state index in [2.05, 4.69) is 4.90 Å². The van der Waals surface area contributed by atoms with E-state index in [1.165, 1.54) is 0 Å². The Balaban J connectivity index is 0.00000225. The van der Waals surface area contributed by atoms with Crippen LogP contribution in [0, 0.1) is 13.8 Å². The van der Waals surface area contributed by atoms with E-state index in [1.807, 2.05) is 57.3 Å². The molecule has 0 aromatic heterocycles. The van der Waals surface area contributed by atoms with Gasteiger partial charge in [-0.3, -0.25) is 0 Å². The van der Waals surface area contributed by atoms with Gasteiger partial charge in [-0.25, -0.2) is 8.42 Å². The van der Waals surface area contributed by atoms with Crippen molar-refractivity contribution in [1.82, 2.24) is 9.21 Å². The molecule has 0 radical (unpaired) electrons. The Hall–Kier alpha value is -1.40. The SMILES string of the molecule is Cc1ccc(S(=O)(=O)N2CCN(C)CC2c2ccccc2)cc1C.Cl. The van der Waals surface area contributed by atoms with E-state index in [9.17, 15) is 8.42 Å². The van der Waals surface area contributed by atoms with E-state index in [-0.39, 0.29) is 18.4 Å². The Labute approximate surface area is 156 Å². The summed E-state index contributed by atoms with van der Waals surface area (Å²) in [5.74, 6) is 0. The summed E-state index contributed by atoms with van der Waals surface area (Å²) in [7, 11) is -1.48. The first kappa shape index (κ1) is 19.9. The Morgan fingerprint density at radius 1 is 0.960 bits per heavy atom. The lowest BCUT2D eigenvalue weighted by Crippen LogP contribution is -2.49. The highest BCUT2D eigenvalue weighted by molar-refractivity contribution is 7.89. The largest absolute Gasteiger partial charge is 0.303 e. The molecule has 2 aromatic rings. The molecule has 6 heteroatoms. The monoisotopic (exact) mass is 380 g/mol. The number of hydrogen-bond donors (Lipinski definition) is 0. The number of likely N-dealkylation sites (N-methyl/N-ethyl adjacent to an activating group) is 1. The predicted molar refractivity (Wildman–Crippen MR) is 104 cm³/mol. The fourth-order valence-corrected chi connectivity index (χ4v) is 4.83. The highest BCUT2D eigenvalue weighted by atomic mass is 35.5. The first-order valence-electron chi connectivity index (χ1n) is 8.22. The van der Waals surface area contributed by atoms with Gasteiger partial charge in [0.2, 0.25) is 10.0 Å². The molecule has 1 heterocycles. The molecule has 1 aliphatic rings. The molecule has 136 valence electrons. The third kappa shape index (κ3) is 4.06. The average Bonchev–Trinajstić information content (AvgIpc) is 2.57. The van der Waals surface area contributed by atoms with E-state index in [0.29, 0.717) is 18.0 Å². The molecule has 2 aromatic carbocycles. The minimum absolute atomic E-state index is 0. The van der Waals surface area contributed by atoms with Gasteiger partial charge in [0, 0.05) is 19.6 Å². The molecule has 1 aliphatic heterocycles. The molecule has 3 rings (SSSR count). The second-order valence-electron chi connectivity index (χ2n) is 6.55. The van der Waals surface area contributed by atoms with Crippen molar-refractivity contribution in [2.24, 2.45) is 0 Å². The number of piperazine rings is 1. The molecule has 0 bridgehead atoms. The van der Waals surface area contributed by atoms with Crippen LogP contribution in [0.5, 0.6) is 0 Å². The van der Waals surface area contributed by atoms with Crippen LogP contribution in [0.25, 0.3) is 0 Å². The third-order valence-corrected chi connectivity index (χ3v) is 6.71. The van der Waals surface area contributed by atoms with E-state index >= 15 is 0 Å². The Morgan fingerprint density at radius 2 is 1.64 bits per heavy atom. The molecular formula is C19H25ClN2O2S. The van der Waals surface area contributed by atoms with Gasteiger partial charge in [0.05, 0.1) is 10.9 Å². The molecule has 0 spiro atoms. The Bertz CT molecular complexity index is 825. The molecule has 25 heavy (non-hydrogen) atoms. The molecule has 4 nitrogen and oxygen atoms in total. The zero-order chi connectivity index (χ0) is 17.3. The highest BCUT2D eigenvalue weighted by Crippen LogP contribution is 2.31. The van der Waals surface area contributed by atoms with Gasteiger partial charge in [0.1, 0.15) is 0 Å². The minimum atomic E-state index is -3.52. The number of aryl methyl sites for hydroxylation is 2. The van der Waals surface area contributed by atoms with Crippen molar-refractivity contribution in [2.45, 2.75) is 24.8 Å². The van der Waals surface area contributed by atoms with E-state index in [1.54, 1.807) is 16.4 Å². The standard InChI is InChI=1S/C19H24N2O2S.ClH/c1-15-9-10-18(13-16(15)2)24(22,23)21-12-11-20(3)14-19(21)17-7-5-4-6-8-17;/h4-10,13,19H,11-12,14H2,1-3H3;1H. The van der Waals surface area contributed by atoms with E-state index in [0.717, 1.165) is 23.2 Å². The number of sulfonamides is 1. The molecule has 1 unspecified atom stereocenters. The van der Waals surface area contributed by atoms with E-state index in [4.69, 9.17) is 0 Å². The van der Waals surface area contributed by atoms with Crippen LogP contribution < -0.4 is 0 Å². The summed E-state index contributed by atoms with van der Waals surface area (Å²) in [5, 5.41) is 0. The zero-order valence-corrected chi connectivity index (χ0v) is 16.5. The maximum absolute atomic E-state index is 13.2. The maximum Gasteiger partial charge on any atom is 0.243 e. The first-order valence-corrected chi connectivity index (χ1v) is 9.66. The molecular weight excluding hydrogens is 356 g/mol. The number of rotatable bonds is 3. The van der Waals surface area contributed by atoms with Crippen molar-refractivity contribution >= 4 is 22.4 Å². The van der Waals surface area contributed by atoms with Crippen molar-refractivity contribution in [1.29, 1.82) is 0 Å². The van der Waals surface area contributed by atoms with Gasteiger partial charge in [-0.15, -0.1) is 12.4 Å². The van der Waals surface area contributed by atoms with Crippen molar-refractivity contribution in [3.05, 3.63) is 65.2 Å². The van der Waals surface area contributed by atoms with Crippen molar-refractivity contribution in [3.63, 3.8) is 0 Å². The molecule has 0 saturated carbocycles. The molecule has 1 atom stereocenters. The van der Waals surface area contributed by atoms with Crippen LogP contribution >= 0.6 is 12.4 Å². The van der Waals surface area contributed by atoms with Crippen LogP contribution in [0.3, 0.4) is 0 Å². The third-order valence-electron chi connectivity index (χ3n) is 4.80. The van der Waals surface area contributed by atoms with Crippen molar-refractivity contribution < 1.29 is 8.42 Å². The van der Waals surface area contributed by atoms with Crippen molar-refractivity contribution in [2.75, 3.05) is 26.7 Å². The lowest BCUT2D eigenvalue weighted by molar-refractivity contribution is 0.160. The normalized spacial score (nSPS) is 19.4. The van der Waals surface area contributed by atoms with E-state index < -0.39 is 10.0 Å². The number of nitrogens with zero attached hydrogens (tertiary/aromatic N) is 2. The molecule has 1 fully saturated rings. The van der Waals surface area contributed by atoms with Crippen LogP contribution in [0.4, 0.5) is 0 Å².